The maximum Gasteiger partial charge on any atom is 0.260 e. The monoisotopic (exact) mass is 481 g/mol. The van der Waals surface area contributed by atoms with Gasteiger partial charge in [0.05, 0.1) is 17.4 Å². The topological polar surface area (TPSA) is 124 Å². The van der Waals surface area contributed by atoms with Crippen molar-refractivity contribution in [2.24, 2.45) is 0 Å². The van der Waals surface area contributed by atoms with Gasteiger partial charge in [-0.25, -0.2) is 21.8 Å². The number of amides is 1. The average molecular weight is 482 g/mol. The second-order valence-electron chi connectivity index (χ2n) is 7.95. The number of aromatic amines is 1. The highest BCUT2D eigenvalue weighted by Gasteiger charge is 2.30. The maximum atomic E-state index is 13.0. The van der Waals surface area contributed by atoms with Gasteiger partial charge in [0, 0.05) is 44.8 Å². The zero-order valence-electron chi connectivity index (χ0n) is 17.7. The first-order valence-corrected chi connectivity index (χ1v) is 13.6. The summed E-state index contributed by atoms with van der Waals surface area (Å²) in [6.45, 7) is 2.19. The summed E-state index contributed by atoms with van der Waals surface area (Å²) in [5.41, 5.74) is 0.382. The largest absolute Gasteiger partial charge is 0.337 e. The Kier molecular flexibility index (Phi) is 6.65. The molecule has 2 aromatic rings. The molecule has 0 aliphatic carbocycles. The molecule has 2 aliphatic heterocycles. The Morgan fingerprint density at radius 3 is 2.09 bits per heavy atom. The molecule has 0 spiro atoms. The van der Waals surface area contributed by atoms with Crippen LogP contribution in [0.4, 0.5) is 0 Å². The first-order valence-electron chi connectivity index (χ1n) is 10.7. The van der Waals surface area contributed by atoms with Gasteiger partial charge in [-0.1, -0.05) is 6.42 Å². The van der Waals surface area contributed by atoms with Gasteiger partial charge < -0.3 is 9.88 Å². The second kappa shape index (κ2) is 9.30. The van der Waals surface area contributed by atoms with E-state index in [0.717, 1.165) is 19.3 Å². The summed E-state index contributed by atoms with van der Waals surface area (Å²) in [5.74, 6) is -0.243. The van der Waals surface area contributed by atoms with Gasteiger partial charge in [-0.3, -0.25) is 4.79 Å². The fourth-order valence-electron chi connectivity index (χ4n) is 4.07. The summed E-state index contributed by atoms with van der Waals surface area (Å²) >= 11 is 0. The highest BCUT2D eigenvalue weighted by Crippen LogP contribution is 2.22. The summed E-state index contributed by atoms with van der Waals surface area (Å²) < 4.78 is 53.9. The van der Waals surface area contributed by atoms with Crippen LogP contribution in [0.15, 0.2) is 46.7 Å². The minimum absolute atomic E-state index is 0.0304. The van der Waals surface area contributed by atoms with Crippen LogP contribution in [0.1, 0.15) is 36.0 Å². The molecule has 1 amide bonds. The van der Waals surface area contributed by atoms with Crippen molar-refractivity contribution in [2.75, 3.05) is 39.3 Å². The quantitative estimate of drug-likeness (QED) is 0.683. The lowest BCUT2D eigenvalue weighted by atomic mass is 10.2. The van der Waals surface area contributed by atoms with E-state index >= 15 is 0 Å². The van der Waals surface area contributed by atoms with Crippen molar-refractivity contribution in [1.29, 1.82) is 0 Å². The van der Waals surface area contributed by atoms with Crippen LogP contribution in [0.3, 0.4) is 0 Å². The summed E-state index contributed by atoms with van der Waals surface area (Å²) in [4.78, 5) is 21.2. The van der Waals surface area contributed by atoms with Crippen molar-refractivity contribution in [2.45, 2.75) is 35.6 Å². The van der Waals surface area contributed by atoms with Gasteiger partial charge in [-0.05, 0) is 43.5 Å². The predicted molar refractivity (Wildman–Crippen MR) is 117 cm³/mol. The molecule has 1 N–H and O–H groups in total. The third-order valence-electron chi connectivity index (χ3n) is 5.89. The average Bonchev–Trinajstić information content (AvgIpc) is 3.25. The number of piperidine rings is 1. The Hall–Kier alpha value is -2.28. The summed E-state index contributed by atoms with van der Waals surface area (Å²) in [7, 11) is -7.24. The van der Waals surface area contributed by atoms with Gasteiger partial charge in [0.25, 0.3) is 15.9 Å². The Balaban J connectivity index is 1.43. The van der Waals surface area contributed by atoms with Gasteiger partial charge in [-0.15, -0.1) is 0 Å². The van der Waals surface area contributed by atoms with Crippen molar-refractivity contribution in [3.8, 4) is 0 Å². The standard InChI is InChI=1S/C20H27N5O5S2/c26-20(17-5-7-18(8-6-17)31(27,28)24-10-2-1-3-11-24)23-9-4-12-25(14-13-23)32(29,30)19-15-21-16-22-19/h5-8,15-16H,1-4,9-14H2,(H,21,22). The minimum atomic E-state index is -3.68. The molecule has 12 heteroatoms. The molecule has 0 atom stereocenters. The molecule has 2 saturated heterocycles. The number of nitrogens with zero attached hydrogens (tertiary/aromatic N) is 4. The summed E-state index contributed by atoms with van der Waals surface area (Å²) in [6, 6.07) is 6.01. The minimum Gasteiger partial charge on any atom is -0.337 e. The molecule has 2 aliphatic rings. The van der Waals surface area contributed by atoms with E-state index in [4.69, 9.17) is 0 Å². The lowest BCUT2D eigenvalue weighted by Crippen LogP contribution is -2.37. The maximum absolute atomic E-state index is 13.0. The molecule has 174 valence electrons. The van der Waals surface area contributed by atoms with Crippen LogP contribution in [-0.4, -0.2) is 85.5 Å². The van der Waals surface area contributed by atoms with Crippen molar-refractivity contribution in [3.63, 3.8) is 0 Å². The number of nitrogens with one attached hydrogen (secondary N) is 1. The number of benzene rings is 1. The normalized spacial score (nSPS) is 19.6. The molecule has 0 unspecified atom stereocenters. The molecule has 1 aromatic carbocycles. The number of sulfonamides is 2. The van der Waals surface area contributed by atoms with Crippen molar-refractivity contribution >= 4 is 26.0 Å². The number of carbonyl (C=O) groups excluding carboxylic acids is 1. The molecule has 0 saturated carbocycles. The number of hydrogen-bond acceptors (Lipinski definition) is 6. The number of aromatic nitrogens is 2. The van der Waals surface area contributed by atoms with E-state index in [1.54, 1.807) is 4.90 Å². The lowest BCUT2D eigenvalue weighted by Gasteiger charge is -2.26. The van der Waals surface area contributed by atoms with Crippen LogP contribution >= 0.6 is 0 Å². The van der Waals surface area contributed by atoms with Crippen LogP contribution < -0.4 is 0 Å². The summed E-state index contributed by atoms with van der Waals surface area (Å²) in [5, 5.41) is 0.0304. The van der Waals surface area contributed by atoms with Crippen LogP contribution in [0.25, 0.3) is 0 Å². The number of H-pyrrole nitrogens is 1. The van der Waals surface area contributed by atoms with Crippen molar-refractivity contribution < 1.29 is 21.6 Å². The Morgan fingerprint density at radius 1 is 0.781 bits per heavy atom. The van der Waals surface area contributed by atoms with Crippen LogP contribution in [0.2, 0.25) is 0 Å². The molecule has 10 nitrogen and oxygen atoms in total. The van der Waals surface area contributed by atoms with Gasteiger partial charge >= 0.3 is 0 Å². The molecule has 3 heterocycles. The number of rotatable bonds is 5. The Labute approximate surface area is 188 Å². The Bertz CT molecular complexity index is 1140. The zero-order chi connectivity index (χ0) is 22.8. The molecule has 0 bridgehead atoms. The van der Waals surface area contributed by atoms with E-state index in [0.29, 0.717) is 38.2 Å². The fourth-order valence-corrected chi connectivity index (χ4v) is 6.95. The Morgan fingerprint density at radius 2 is 1.44 bits per heavy atom. The molecule has 2 fully saturated rings. The number of carbonyl (C=O) groups is 1. The van der Waals surface area contributed by atoms with E-state index in [-0.39, 0.29) is 28.9 Å². The molecule has 32 heavy (non-hydrogen) atoms. The third kappa shape index (κ3) is 4.58. The molecule has 1 aromatic heterocycles. The predicted octanol–water partition coefficient (Wildman–Crippen LogP) is 1.12. The lowest BCUT2D eigenvalue weighted by molar-refractivity contribution is 0.0764. The number of imidazole rings is 1. The fraction of sp³-hybridized carbons (Fsp3) is 0.500. The zero-order valence-corrected chi connectivity index (χ0v) is 19.3. The van der Waals surface area contributed by atoms with Crippen LogP contribution in [0.5, 0.6) is 0 Å². The highest BCUT2D eigenvalue weighted by atomic mass is 32.2. The van der Waals surface area contributed by atoms with E-state index in [9.17, 15) is 21.6 Å². The SMILES string of the molecule is O=C(c1ccc(S(=O)(=O)N2CCCCC2)cc1)N1CCCN(S(=O)(=O)c2cnc[nH]2)CC1. The third-order valence-corrected chi connectivity index (χ3v) is 9.62. The first kappa shape index (κ1) is 22.9. The first-order chi connectivity index (χ1) is 15.3. The molecule has 0 radical (unpaired) electrons. The molecular formula is C20H27N5O5S2. The van der Waals surface area contributed by atoms with Crippen molar-refractivity contribution in [3.05, 3.63) is 42.4 Å². The van der Waals surface area contributed by atoms with Gasteiger partial charge in [-0.2, -0.15) is 8.61 Å². The van der Waals surface area contributed by atoms with E-state index in [2.05, 4.69) is 9.97 Å². The molecular weight excluding hydrogens is 454 g/mol. The van der Waals surface area contributed by atoms with Crippen LogP contribution in [0, 0.1) is 0 Å². The van der Waals surface area contributed by atoms with Crippen LogP contribution in [-0.2, 0) is 20.0 Å². The van der Waals surface area contributed by atoms with E-state index in [1.807, 2.05) is 0 Å². The number of hydrogen-bond donors (Lipinski definition) is 1. The van der Waals surface area contributed by atoms with Gasteiger partial charge in [0.1, 0.15) is 0 Å². The van der Waals surface area contributed by atoms with E-state index in [1.165, 1.54) is 45.4 Å². The van der Waals surface area contributed by atoms with Crippen molar-refractivity contribution in [1.82, 2.24) is 23.5 Å². The highest BCUT2D eigenvalue weighted by molar-refractivity contribution is 7.89. The summed E-state index contributed by atoms with van der Waals surface area (Å²) in [6.07, 6.45) is 5.84. The smallest absolute Gasteiger partial charge is 0.260 e. The molecule has 4 rings (SSSR count). The van der Waals surface area contributed by atoms with Gasteiger partial charge in [0.15, 0.2) is 5.03 Å². The second-order valence-corrected chi connectivity index (χ2v) is 11.8. The van der Waals surface area contributed by atoms with E-state index < -0.39 is 20.0 Å². The van der Waals surface area contributed by atoms with Gasteiger partial charge in [0.2, 0.25) is 10.0 Å².